The quantitative estimate of drug-likeness (QED) is 0.401. The van der Waals surface area contributed by atoms with E-state index in [0.29, 0.717) is 10.2 Å². The van der Waals surface area contributed by atoms with Crippen LogP contribution in [-0.4, -0.2) is 32.4 Å². The molecule has 0 atom stereocenters. The standard InChI is InChI=1S/C5H8O4Si/c6-4(7)1-3(2-10)5(8)9/h2H,1H2,10H3,(H,6,7)(H,8,9). The van der Waals surface area contributed by atoms with Gasteiger partial charge in [-0.15, -0.1) is 0 Å². The summed E-state index contributed by atoms with van der Waals surface area (Å²) >= 11 is 0. The van der Waals surface area contributed by atoms with Crippen LogP contribution in [0.5, 0.6) is 0 Å². The van der Waals surface area contributed by atoms with Gasteiger partial charge in [-0.2, -0.15) is 0 Å². The van der Waals surface area contributed by atoms with Crippen LogP contribution in [0.2, 0.25) is 0 Å². The number of hydrogen-bond donors (Lipinski definition) is 2. The molecule has 0 bridgehead atoms. The molecule has 2 N–H and O–H groups in total. The lowest BCUT2D eigenvalue weighted by atomic mass is 10.2. The normalized spacial score (nSPS) is 11.4. The van der Waals surface area contributed by atoms with Crippen LogP contribution < -0.4 is 0 Å². The largest absolute Gasteiger partial charge is 0.481 e. The van der Waals surface area contributed by atoms with Crippen LogP contribution in [0.1, 0.15) is 6.42 Å². The van der Waals surface area contributed by atoms with Crippen molar-refractivity contribution < 1.29 is 19.8 Å². The van der Waals surface area contributed by atoms with Gasteiger partial charge in [-0.25, -0.2) is 4.79 Å². The van der Waals surface area contributed by atoms with Crippen molar-refractivity contribution in [2.45, 2.75) is 6.42 Å². The van der Waals surface area contributed by atoms with Gasteiger partial charge < -0.3 is 10.2 Å². The molecule has 0 aliphatic rings. The Morgan fingerprint density at radius 2 is 1.90 bits per heavy atom. The highest BCUT2D eigenvalue weighted by Crippen LogP contribution is 1.98. The highest BCUT2D eigenvalue weighted by molar-refractivity contribution is 6.20. The highest BCUT2D eigenvalue weighted by Gasteiger charge is 2.09. The smallest absolute Gasteiger partial charge is 0.331 e. The molecule has 0 aromatic heterocycles. The van der Waals surface area contributed by atoms with E-state index in [1.165, 1.54) is 5.70 Å². The summed E-state index contributed by atoms with van der Waals surface area (Å²) in [5.74, 6) is -2.25. The van der Waals surface area contributed by atoms with E-state index in [0.717, 1.165) is 0 Å². The molecular weight excluding hydrogens is 152 g/mol. The predicted octanol–water partition coefficient (Wildman–Crippen LogP) is -1.20. The molecule has 0 aromatic rings. The molecule has 0 unspecified atom stereocenters. The molecule has 0 aliphatic carbocycles. The van der Waals surface area contributed by atoms with Crippen molar-refractivity contribution in [1.82, 2.24) is 0 Å². The predicted molar refractivity (Wildman–Crippen MR) is 37.9 cm³/mol. The summed E-state index contributed by atoms with van der Waals surface area (Å²) in [4.78, 5) is 20.1. The molecule has 0 fully saturated rings. The average molecular weight is 160 g/mol. The van der Waals surface area contributed by atoms with Crippen molar-refractivity contribution >= 4 is 22.2 Å². The Labute approximate surface area is 60.6 Å². The van der Waals surface area contributed by atoms with Crippen LogP contribution in [-0.2, 0) is 9.59 Å². The van der Waals surface area contributed by atoms with Crippen LogP contribution in [0.3, 0.4) is 0 Å². The molecule has 0 saturated heterocycles. The number of hydrogen-bond acceptors (Lipinski definition) is 2. The maximum absolute atomic E-state index is 10.2. The monoisotopic (exact) mass is 160 g/mol. The van der Waals surface area contributed by atoms with E-state index in [9.17, 15) is 9.59 Å². The molecule has 10 heavy (non-hydrogen) atoms. The number of carbonyl (C=O) groups is 2. The summed E-state index contributed by atoms with van der Waals surface area (Å²) in [6, 6.07) is 0. The second kappa shape index (κ2) is 3.83. The summed E-state index contributed by atoms with van der Waals surface area (Å²) in [6.45, 7) is 0. The summed E-state index contributed by atoms with van der Waals surface area (Å²) in [7, 11) is 0.569. The lowest BCUT2D eigenvalue weighted by molar-refractivity contribution is -0.139. The van der Waals surface area contributed by atoms with Crippen molar-refractivity contribution in [2.75, 3.05) is 0 Å². The summed E-state index contributed by atoms with van der Waals surface area (Å²) in [5.41, 5.74) is 1.38. The van der Waals surface area contributed by atoms with Gasteiger partial charge in [-0.3, -0.25) is 4.79 Å². The van der Waals surface area contributed by atoms with E-state index in [-0.39, 0.29) is 5.57 Å². The van der Waals surface area contributed by atoms with Gasteiger partial charge >= 0.3 is 11.9 Å². The lowest BCUT2D eigenvalue weighted by Crippen LogP contribution is -2.06. The maximum atomic E-state index is 10.2. The van der Waals surface area contributed by atoms with E-state index in [1.54, 1.807) is 0 Å². The zero-order chi connectivity index (χ0) is 8.15. The first kappa shape index (κ1) is 8.90. The highest BCUT2D eigenvalue weighted by atomic mass is 28.1. The van der Waals surface area contributed by atoms with E-state index in [2.05, 4.69) is 0 Å². The fourth-order valence-corrected chi connectivity index (χ4v) is 0.915. The Morgan fingerprint density at radius 3 is 2.00 bits per heavy atom. The van der Waals surface area contributed by atoms with Crippen molar-refractivity contribution in [1.29, 1.82) is 0 Å². The fourth-order valence-electron chi connectivity index (χ4n) is 0.464. The molecule has 0 rings (SSSR count). The van der Waals surface area contributed by atoms with E-state index >= 15 is 0 Å². The fraction of sp³-hybridized carbons (Fsp3) is 0.200. The molecule has 5 heteroatoms. The second-order valence-corrected chi connectivity index (χ2v) is 2.27. The van der Waals surface area contributed by atoms with Gasteiger partial charge in [0, 0.05) is 15.8 Å². The summed E-state index contributed by atoms with van der Waals surface area (Å²) < 4.78 is 0. The third-order valence-corrected chi connectivity index (χ3v) is 1.66. The van der Waals surface area contributed by atoms with Gasteiger partial charge in [0.25, 0.3) is 0 Å². The van der Waals surface area contributed by atoms with E-state index in [4.69, 9.17) is 10.2 Å². The number of carboxylic acids is 2. The van der Waals surface area contributed by atoms with E-state index < -0.39 is 18.4 Å². The van der Waals surface area contributed by atoms with Crippen molar-refractivity contribution in [3.05, 3.63) is 11.3 Å². The van der Waals surface area contributed by atoms with Gasteiger partial charge in [-0.1, -0.05) is 5.70 Å². The summed E-state index contributed by atoms with van der Waals surface area (Å²) in [6.07, 6.45) is -0.390. The van der Waals surface area contributed by atoms with Crippen LogP contribution >= 0.6 is 0 Å². The molecular formula is C5H8O4Si. The Balaban J connectivity index is 4.12. The first-order valence-corrected chi connectivity index (χ1v) is 3.83. The minimum Gasteiger partial charge on any atom is -0.481 e. The molecule has 4 nitrogen and oxygen atoms in total. The Kier molecular flexibility index (Phi) is 3.41. The van der Waals surface area contributed by atoms with Gasteiger partial charge in [0.2, 0.25) is 0 Å². The third-order valence-electron chi connectivity index (χ3n) is 0.965. The van der Waals surface area contributed by atoms with Gasteiger partial charge in [0.05, 0.1) is 6.42 Å². The van der Waals surface area contributed by atoms with Crippen LogP contribution in [0.15, 0.2) is 11.3 Å². The molecule has 0 aromatic carbocycles. The molecule has 56 valence electrons. The molecule has 0 saturated carbocycles. The Morgan fingerprint density at radius 1 is 1.40 bits per heavy atom. The Bertz CT molecular complexity index is 184. The minimum absolute atomic E-state index is 0.0285. The minimum atomic E-state index is -1.14. The van der Waals surface area contributed by atoms with Crippen LogP contribution in [0, 0.1) is 0 Å². The van der Waals surface area contributed by atoms with Crippen molar-refractivity contribution in [2.24, 2.45) is 0 Å². The topological polar surface area (TPSA) is 74.6 Å². The first-order valence-electron chi connectivity index (χ1n) is 2.68. The van der Waals surface area contributed by atoms with Gasteiger partial charge in [0.15, 0.2) is 0 Å². The maximum Gasteiger partial charge on any atom is 0.331 e. The lowest BCUT2D eigenvalue weighted by Gasteiger charge is -1.93. The van der Waals surface area contributed by atoms with Crippen LogP contribution in [0.4, 0.5) is 0 Å². The molecule has 0 spiro atoms. The molecule has 0 amide bonds. The SMILES string of the molecule is O=C(O)CC(=C[SiH3])C(=O)O. The number of rotatable bonds is 3. The first-order chi connectivity index (χ1) is 4.57. The average Bonchev–Trinajstić information content (AvgIpc) is 1.81. The van der Waals surface area contributed by atoms with Crippen LogP contribution in [0.25, 0.3) is 0 Å². The second-order valence-electron chi connectivity index (χ2n) is 1.69. The molecule has 0 radical (unpaired) electrons. The van der Waals surface area contributed by atoms with E-state index in [1.807, 2.05) is 0 Å². The van der Waals surface area contributed by atoms with Gasteiger partial charge in [0.1, 0.15) is 0 Å². The number of aliphatic carboxylic acids is 2. The third kappa shape index (κ3) is 3.03. The van der Waals surface area contributed by atoms with Crippen molar-refractivity contribution in [3.63, 3.8) is 0 Å². The Hall–Kier alpha value is -1.10. The molecule has 0 aliphatic heterocycles. The number of carboxylic acid groups (broad SMARTS) is 2. The zero-order valence-corrected chi connectivity index (χ0v) is 7.50. The summed E-state index contributed by atoms with van der Waals surface area (Å²) in [5, 5.41) is 16.5. The molecule has 0 heterocycles. The zero-order valence-electron chi connectivity index (χ0n) is 5.50. The van der Waals surface area contributed by atoms with Gasteiger partial charge in [-0.05, 0) is 0 Å². The van der Waals surface area contributed by atoms with Crippen molar-refractivity contribution in [3.8, 4) is 0 Å².